The third kappa shape index (κ3) is 2.70. The number of ether oxygens (including phenoxy) is 1. The molecule has 0 aliphatic heterocycles. The van der Waals surface area contributed by atoms with E-state index in [1.165, 1.54) is 0 Å². The largest absolute Gasteiger partial charge is 0.449 e. The van der Waals surface area contributed by atoms with Crippen molar-refractivity contribution in [3.8, 4) is 0 Å². The van der Waals surface area contributed by atoms with Crippen molar-refractivity contribution in [1.29, 1.82) is 0 Å². The Kier molecular flexibility index (Phi) is 3.68. The number of amides is 3. The van der Waals surface area contributed by atoms with Crippen LogP contribution < -0.4 is 10.6 Å². The van der Waals surface area contributed by atoms with E-state index >= 15 is 0 Å². The average molecular weight is 208 g/mol. The highest BCUT2D eigenvalue weighted by Crippen LogP contribution is 2.13. The van der Waals surface area contributed by atoms with E-state index in [0.29, 0.717) is 5.69 Å². The molecule has 0 aromatic heterocycles. The molecule has 0 unspecified atom stereocenters. The van der Waals surface area contributed by atoms with E-state index in [4.69, 9.17) is 10.5 Å². The maximum atomic E-state index is 11.4. The number of urea groups is 1. The number of para-hydroxylation sites is 1. The van der Waals surface area contributed by atoms with E-state index in [1.807, 2.05) is 0 Å². The van der Waals surface area contributed by atoms with Gasteiger partial charge in [-0.05, 0) is 19.1 Å². The van der Waals surface area contributed by atoms with Crippen LogP contribution in [0.4, 0.5) is 15.3 Å². The number of nitrogens with two attached hydrogens (primary N) is 1. The van der Waals surface area contributed by atoms with Crippen LogP contribution >= 0.6 is 0 Å². The normalized spacial score (nSPS) is 9.40. The smallest absolute Gasteiger partial charge is 0.422 e. The molecule has 5 nitrogen and oxygen atoms in total. The minimum atomic E-state index is -0.861. The van der Waals surface area contributed by atoms with Crippen molar-refractivity contribution < 1.29 is 14.3 Å². The first kappa shape index (κ1) is 11.0. The molecule has 15 heavy (non-hydrogen) atoms. The molecule has 0 atom stereocenters. The van der Waals surface area contributed by atoms with Crippen LogP contribution in [0.1, 0.15) is 6.92 Å². The number of primary amides is 1. The second-order valence-corrected chi connectivity index (χ2v) is 2.71. The zero-order valence-electron chi connectivity index (χ0n) is 8.34. The lowest BCUT2D eigenvalue weighted by molar-refractivity contribution is 0.160. The maximum absolute atomic E-state index is 11.4. The van der Waals surface area contributed by atoms with E-state index < -0.39 is 12.1 Å². The summed E-state index contributed by atoms with van der Waals surface area (Å²) in [5, 5.41) is 0. The maximum Gasteiger partial charge on any atom is 0.422 e. The lowest BCUT2D eigenvalue weighted by Crippen LogP contribution is -2.41. The summed E-state index contributed by atoms with van der Waals surface area (Å²) in [5.74, 6) is 0. The first-order valence-electron chi connectivity index (χ1n) is 4.48. The van der Waals surface area contributed by atoms with E-state index in [2.05, 4.69) is 0 Å². The summed E-state index contributed by atoms with van der Waals surface area (Å²) in [4.78, 5) is 23.2. The minimum absolute atomic E-state index is 0.190. The molecule has 0 bridgehead atoms. The van der Waals surface area contributed by atoms with Crippen LogP contribution in [0.5, 0.6) is 0 Å². The van der Waals surface area contributed by atoms with Gasteiger partial charge in [-0.3, -0.25) is 0 Å². The van der Waals surface area contributed by atoms with Gasteiger partial charge in [0.2, 0.25) is 0 Å². The van der Waals surface area contributed by atoms with Crippen LogP contribution in [0.3, 0.4) is 0 Å². The lowest BCUT2D eigenvalue weighted by Gasteiger charge is -2.17. The molecule has 1 aromatic rings. The van der Waals surface area contributed by atoms with Crippen LogP contribution in [0.25, 0.3) is 0 Å². The van der Waals surface area contributed by atoms with Gasteiger partial charge < -0.3 is 10.5 Å². The summed E-state index contributed by atoms with van der Waals surface area (Å²) in [7, 11) is 0. The Bertz CT molecular complexity index is 351. The molecule has 0 aliphatic carbocycles. The topological polar surface area (TPSA) is 72.6 Å². The first-order valence-corrected chi connectivity index (χ1v) is 4.48. The standard InChI is InChI=1S/C10H12N2O3/c1-2-15-10(14)12(9(11)13)8-6-4-3-5-7-8/h3-7H,2H2,1H3,(H2,11,13). The Morgan fingerprint density at radius 1 is 1.33 bits per heavy atom. The number of anilines is 1. The number of hydrogen-bond acceptors (Lipinski definition) is 3. The van der Waals surface area contributed by atoms with Gasteiger partial charge in [-0.2, -0.15) is 4.90 Å². The van der Waals surface area contributed by atoms with E-state index in [-0.39, 0.29) is 6.61 Å². The molecule has 0 saturated carbocycles. The van der Waals surface area contributed by atoms with Crippen molar-refractivity contribution in [2.24, 2.45) is 5.73 Å². The molecule has 80 valence electrons. The Morgan fingerprint density at radius 3 is 2.40 bits per heavy atom. The zero-order chi connectivity index (χ0) is 11.3. The highest BCUT2D eigenvalue weighted by molar-refractivity contribution is 6.10. The minimum Gasteiger partial charge on any atom is -0.449 e. The van der Waals surface area contributed by atoms with Gasteiger partial charge in [0, 0.05) is 0 Å². The van der Waals surface area contributed by atoms with Gasteiger partial charge in [-0.1, -0.05) is 18.2 Å². The molecule has 0 spiro atoms. The number of rotatable bonds is 2. The molecule has 2 N–H and O–H groups in total. The van der Waals surface area contributed by atoms with E-state index in [9.17, 15) is 9.59 Å². The van der Waals surface area contributed by atoms with Crippen molar-refractivity contribution in [2.75, 3.05) is 11.5 Å². The molecule has 0 saturated heterocycles. The van der Waals surface area contributed by atoms with Gasteiger partial charge in [0.25, 0.3) is 0 Å². The number of imide groups is 1. The number of nitrogens with zero attached hydrogens (tertiary/aromatic N) is 1. The Morgan fingerprint density at radius 2 is 1.93 bits per heavy atom. The fourth-order valence-corrected chi connectivity index (χ4v) is 1.09. The molecule has 1 rings (SSSR count). The summed E-state index contributed by atoms with van der Waals surface area (Å²) in [5.41, 5.74) is 5.48. The number of carbonyl (C=O) groups excluding carboxylic acids is 2. The number of hydrogen-bond donors (Lipinski definition) is 1. The van der Waals surface area contributed by atoms with Gasteiger partial charge in [0.15, 0.2) is 0 Å². The van der Waals surface area contributed by atoms with Gasteiger partial charge in [0.05, 0.1) is 12.3 Å². The molecule has 0 heterocycles. The van der Waals surface area contributed by atoms with Crippen molar-refractivity contribution >= 4 is 17.8 Å². The van der Waals surface area contributed by atoms with Crippen LogP contribution in [-0.4, -0.2) is 18.7 Å². The van der Waals surface area contributed by atoms with Crippen LogP contribution in [-0.2, 0) is 4.74 Å². The quantitative estimate of drug-likeness (QED) is 0.804. The molecule has 0 fully saturated rings. The van der Waals surface area contributed by atoms with Crippen molar-refractivity contribution in [3.63, 3.8) is 0 Å². The van der Waals surface area contributed by atoms with Crippen molar-refractivity contribution in [3.05, 3.63) is 30.3 Å². The van der Waals surface area contributed by atoms with E-state index in [0.717, 1.165) is 4.90 Å². The van der Waals surface area contributed by atoms with Gasteiger partial charge in [-0.25, -0.2) is 9.59 Å². The molecule has 3 amide bonds. The highest BCUT2D eigenvalue weighted by atomic mass is 16.6. The summed E-state index contributed by atoms with van der Waals surface area (Å²) >= 11 is 0. The van der Waals surface area contributed by atoms with Crippen LogP contribution in [0.2, 0.25) is 0 Å². The third-order valence-corrected chi connectivity index (χ3v) is 1.69. The van der Waals surface area contributed by atoms with Crippen molar-refractivity contribution in [2.45, 2.75) is 6.92 Å². The Balaban J connectivity index is 2.94. The lowest BCUT2D eigenvalue weighted by atomic mass is 10.3. The SMILES string of the molecule is CCOC(=O)N(C(N)=O)c1ccccc1. The first-order chi connectivity index (χ1) is 7.16. The Labute approximate surface area is 87.4 Å². The molecule has 1 aromatic carbocycles. The monoisotopic (exact) mass is 208 g/mol. The fraction of sp³-hybridized carbons (Fsp3) is 0.200. The third-order valence-electron chi connectivity index (χ3n) is 1.69. The van der Waals surface area contributed by atoms with Gasteiger partial charge in [0.1, 0.15) is 0 Å². The fourth-order valence-electron chi connectivity index (χ4n) is 1.09. The van der Waals surface area contributed by atoms with E-state index in [1.54, 1.807) is 37.3 Å². The predicted molar refractivity (Wildman–Crippen MR) is 55.5 cm³/mol. The average Bonchev–Trinajstić information content (AvgIpc) is 2.19. The summed E-state index contributed by atoms with van der Waals surface area (Å²) in [6.45, 7) is 1.84. The second-order valence-electron chi connectivity index (χ2n) is 2.71. The van der Waals surface area contributed by atoms with Crippen LogP contribution in [0.15, 0.2) is 30.3 Å². The number of benzene rings is 1. The summed E-state index contributed by atoms with van der Waals surface area (Å²) < 4.78 is 4.71. The summed E-state index contributed by atoms with van der Waals surface area (Å²) in [6.07, 6.45) is -0.767. The molecule has 0 aliphatic rings. The molecule has 0 radical (unpaired) electrons. The Hall–Kier alpha value is -2.04. The highest BCUT2D eigenvalue weighted by Gasteiger charge is 2.21. The van der Waals surface area contributed by atoms with Crippen LogP contribution in [0, 0.1) is 0 Å². The number of carbonyl (C=O) groups is 2. The van der Waals surface area contributed by atoms with Crippen molar-refractivity contribution in [1.82, 2.24) is 0 Å². The molecule has 5 heteroatoms. The zero-order valence-corrected chi connectivity index (χ0v) is 8.34. The van der Waals surface area contributed by atoms with Gasteiger partial charge in [-0.15, -0.1) is 0 Å². The molecular formula is C10H12N2O3. The summed E-state index contributed by atoms with van der Waals surface area (Å²) in [6, 6.07) is 7.51. The predicted octanol–water partition coefficient (Wildman–Crippen LogP) is 1.73. The molecular weight excluding hydrogens is 196 g/mol. The van der Waals surface area contributed by atoms with Gasteiger partial charge >= 0.3 is 12.1 Å². The second kappa shape index (κ2) is 4.99.